The first-order valence-electron chi connectivity index (χ1n) is 13.7. The van der Waals surface area contributed by atoms with Crippen molar-refractivity contribution in [2.45, 2.75) is 19.9 Å². The zero-order valence-corrected chi connectivity index (χ0v) is 27.2. The molecule has 48 heavy (non-hydrogen) atoms. The van der Waals surface area contributed by atoms with E-state index < -0.39 is 32.6 Å². The molecule has 16 nitrogen and oxygen atoms in total. The number of hydrogen-bond acceptors (Lipinski definition) is 12. The monoisotopic (exact) mass is 721 g/mol. The van der Waals surface area contributed by atoms with Gasteiger partial charge >= 0.3 is 11.2 Å². The van der Waals surface area contributed by atoms with Gasteiger partial charge in [-0.3, -0.25) is 34.1 Å². The number of anilines is 4. The lowest BCUT2D eigenvalue weighted by molar-refractivity contribution is -0.386. The van der Waals surface area contributed by atoms with Crippen molar-refractivity contribution in [1.29, 1.82) is 0 Å². The van der Waals surface area contributed by atoms with Crippen molar-refractivity contribution in [2.75, 3.05) is 29.6 Å². The summed E-state index contributed by atoms with van der Waals surface area (Å²) < 4.78 is 11.1. The molecule has 19 heteroatoms. The van der Waals surface area contributed by atoms with Gasteiger partial charge < -0.3 is 40.5 Å². The van der Waals surface area contributed by atoms with E-state index in [9.17, 15) is 34.1 Å². The van der Waals surface area contributed by atoms with Crippen LogP contribution in [0.15, 0.2) is 76.9 Å². The molecule has 1 atom stereocenters. The van der Waals surface area contributed by atoms with Crippen LogP contribution in [-0.2, 0) is 4.74 Å². The molecular formula is C29H26Cl3N7O9. The highest BCUT2D eigenvalue weighted by atomic mass is 35.5. The van der Waals surface area contributed by atoms with Crippen LogP contribution >= 0.6 is 34.8 Å². The molecule has 6 rings (SSSR count). The van der Waals surface area contributed by atoms with Crippen molar-refractivity contribution in [1.82, 2.24) is 15.0 Å². The quantitative estimate of drug-likeness (QED) is 0.0604. The summed E-state index contributed by atoms with van der Waals surface area (Å²) in [6, 6.07) is 11.5. The average Bonchev–Trinajstić information content (AvgIpc) is 3.44. The highest BCUT2D eigenvalue weighted by molar-refractivity contribution is 6.29. The Morgan fingerprint density at radius 2 is 1.40 bits per heavy atom. The fourth-order valence-corrected chi connectivity index (χ4v) is 4.76. The van der Waals surface area contributed by atoms with Gasteiger partial charge in [0.1, 0.15) is 44.0 Å². The number of rotatable bonds is 7. The van der Waals surface area contributed by atoms with Crippen LogP contribution in [0.5, 0.6) is 0 Å². The number of nitro groups is 1. The third-order valence-electron chi connectivity index (χ3n) is 6.89. The molecule has 5 heterocycles. The van der Waals surface area contributed by atoms with Crippen molar-refractivity contribution in [2.24, 2.45) is 5.41 Å². The lowest BCUT2D eigenvalue weighted by Crippen LogP contribution is -2.49. The predicted molar refractivity (Wildman–Crippen MR) is 181 cm³/mol. The number of H-pyrrole nitrogens is 3. The number of nitrogens with two attached hydrogens (primary N) is 1. The number of nitrogens with one attached hydrogen (secondary N) is 5. The Labute approximate surface area is 283 Å². The standard InChI is InChI=1S/C19H18ClN3O5.C5H3ClN2O3.C5H5ClN2O/c1-9-3-5-11(28-9)17(19(2)7-27-8-19)23-14-13(15(24)16(14)25)21-10-4-6-12(20)22-18(10)26;6-4-2-1-3(8(10)11)5(9)7-4;6-4-2-1-3(7)5(9)8-4/h3-6,17,21,23H,7-8H2,1-2H3,(H,22,26);1-2H,(H,7,9);1-2H,7H2,(H,8,9). The van der Waals surface area contributed by atoms with E-state index in [-0.39, 0.29) is 50.1 Å². The number of aromatic amines is 3. The van der Waals surface area contributed by atoms with Crippen LogP contribution in [0.4, 0.5) is 28.4 Å². The number of ether oxygens (including phenoxy) is 1. The predicted octanol–water partition coefficient (Wildman–Crippen LogP) is 4.01. The van der Waals surface area contributed by atoms with E-state index >= 15 is 0 Å². The van der Waals surface area contributed by atoms with E-state index in [0.717, 1.165) is 11.8 Å². The van der Waals surface area contributed by atoms with Crippen molar-refractivity contribution in [3.63, 3.8) is 0 Å². The van der Waals surface area contributed by atoms with Crippen molar-refractivity contribution >= 4 is 63.2 Å². The van der Waals surface area contributed by atoms with Gasteiger partial charge in [0.25, 0.3) is 22.0 Å². The lowest BCUT2D eigenvalue weighted by Gasteiger charge is -2.44. The molecule has 5 aromatic rings. The molecule has 252 valence electrons. The molecule has 0 amide bonds. The zero-order chi connectivity index (χ0) is 35.3. The number of aryl methyl sites for hydroxylation is 1. The fraction of sp³-hybridized carbons (Fsp3) is 0.207. The summed E-state index contributed by atoms with van der Waals surface area (Å²) in [6.07, 6.45) is 0. The smallest absolute Gasteiger partial charge is 0.333 e. The van der Waals surface area contributed by atoms with Crippen molar-refractivity contribution in [3.05, 3.63) is 137 Å². The number of nitrogens with zero attached hydrogens (tertiary/aromatic N) is 1. The summed E-state index contributed by atoms with van der Waals surface area (Å²) in [5, 5.41) is 16.5. The van der Waals surface area contributed by atoms with Gasteiger partial charge in [-0.05, 0) is 49.4 Å². The first-order chi connectivity index (χ1) is 22.6. The van der Waals surface area contributed by atoms with Gasteiger partial charge in [-0.15, -0.1) is 0 Å². The van der Waals surface area contributed by atoms with Crippen LogP contribution < -0.4 is 43.9 Å². The molecule has 1 unspecified atom stereocenters. The number of pyridine rings is 3. The van der Waals surface area contributed by atoms with Crippen LogP contribution in [0, 0.1) is 22.5 Å². The molecule has 1 fully saturated rings. The van der Waals surface area contributed by atoms with Gasteiger partial charge in [0.15, 0.2) is 0 Å². The summed E-state index contributed by atoms with van der Waals surface area (Å²) in [6.45, 7) is 4.81. The summed E-state index contributed by atoms with van der Waals surface area (Å²) in [7, 11) is 0. The summed E-state index contributed by atoms with van der Waals surface area (Å²) >= 11 is 16.5. The SMILES string of the molecule is Cc1ccc(C(Nc2c(Nc3ccc(Cl)[nH]c3=O)c(=O)c2=O)C2(C)COC2)o1.Nc1ccc(Cl)[nH]c1=O.O=c1[nH]c(Cl)ccc1[N+](=O)[O-]. The van der Waals surface area contributed by atoms with Crippen LogP contribution in [0.2, 0.25) is 15.5 Å². The maximum Gasteiger partial charge on any atom is 0.333 e. The molecule has 7 N–H and O–H groups in total. The summed E-state index contributed by atoms with van der Waals surface area (Å²) in [5.41, 5.74) is 1.85. The van der Waals surface area contributed by atoms with Crippen molar-refractivity contribution < 1.29 is 14.1 Å². The molecule has 1 aromatic carbocycles. The van der Waals surface area contributed by atoms with Gasteiger partial charge in [-0.2, -0.15) is 0 Å². The highest BCUT2D eigenvalue weighted by Gasteiger charge is 2.45. The van der Waals surface area contributed by atoms with Gasteiger partial charge in [0, 0.05) is 11.5 Å². The molecule has 1 aliphatic rings. The Kier molecular flexibility index (Phi) is 10.9. The first-order valence-corrected chi connectivity index (χ1v) is 14.8. The molecule has 0 spiro atoms. The van der Waals surface area contributed by atoms with Crippen LogP contribution in [-0.4, -0.2) is 33.1 Å². The number of halogens is 3. The first kappa shape index (κ1) is 35.7. The Hall–Kier alpha value is -5.16. The minimum Gasteiger partial charge on any atom is -0.464 e. The third-order valence-corrected chi connectivity index (χ3v) is 7.55. The number of furan rings is 1. The van der Waals surface area contributed by atoms with E-state index in [2.05, 4.69) is 25.6 Å². The van der Waals surface area contributed by atoms with E-state index in [1.165, 1.54) is 30.3 Å². The second-order valence-corrected chi connectivity index (χ2v) is 11.8. The Bertz CT molecular complexity index is 2210. The Morgan fingerprint density at radius 3 is 1.88 bits per heavy atom. The normalized spacial score (nSPS) is 13.6. The highest BCUT2D eigenvalue weighted by Crippen LogP contribution is 2.43. The molecule has 0 saturated carbocycles. The topological polar surface area (TPSA) is 248 Å². The molecule has 4 aromatic heterocycles. The van der Waals surface area contributed by atoms with E-state index in [4.69, 9.17) is 49.7 Å². The molecule has 0 bridgehead atoms. The second-order valence-electron chi connectivity index (χ2n) is 10.6. The lowest BCUT2D eigenvalue weighted by atomic mass is 9.79. The van der Waals surface area contributed by atoms with Gasteiger partial charge in [0.2, 0.25) is 0 Å². The number of nitrogen functional groups attached to an aromatic ring is 1. The average molecular weight is 723 g/mol. The maximum atomic E-state index is 12.2. The van der Waals surface area contributed by atoms with E-state index in [1.54, 1.807) is 0 Å². The second kappa shape index (κ2) is 14.7. The fourth-order valence-electron chi connectivity index (χ4n) is 4.31. The Morgan fingerprint density at radius 1 is 0.833 bits per heavy atom. The van der Waals surface area contributed by atoms with E-state index in [0.29, 0.717) is 24.1 Å². The van der Waals surface area contributed by atoms with Crippen LogP contribution in [0.1, 0.15) is 24.5 Å². The minimum atomic E-state index is -0.789. The minimum absolute atomic E-state index is 0.0370. The molecule has 1 saturated heterocycles. The van der Waals surface area contributed by atoms with Crippen molar-refractivity contribution in [3.8, 4) is 0 Å². The molecular weight excluding hydrogens is 697 g/mol. The van der Waals surface area contributed by atoms with Crippen LogP contribution in [0.25, 0.3) is 0 Å². The number of hydrogen-bond donors (Lipinski definition) is 6. The molecule has 0 radical (unpaired) electrons. The Balaban J connectivity index is 0.000000212. The molecule has 1 aliphatic heterocycles. The van der Waals surface area contributed by atoms with Gasteiger partial charge in [-0.1, -0.05) is 41.7 Å². The molecule has 0 aliphatic carbocycles. The summed E-state index contributed by atoms with van der Waals surface area (Å²) in [5.74, 6) is 1.38. The summed E-state index contributed by atoms with van der Waals surface area (Å²) in [4.78, 5) is 73.8. The zero-order valence-electron chi connectivity index (χ0n) is 24.9. The van der Waals surface area contributed by atoms with Gasteiger partial charge in [0.05, 0.1) is 29.9 Å². The van der Waals surface area contributed by atoms with E-state index in [1.807, 2.05) is 26.0 Å². The van der Waals surface area contributed by atoms with Gasteiger partial charge in [-0.25, -0.2) is 0 Å². The largest absolute Gasteiger partial charge is 0.464 e. The number of aromatic nitrogens is 3. The maximum absolute atomic E-state index is 12.2. The van der Waals surface area contributed by atoms with Crippen LogP contribution in [0.3, 0.4) is 0 Å². The third kappa shape index (κ3) is 8.21.